The lowest BCUT2D eigenvalue weighted by Gasteiger charge is -2.09. The lowest BCUT2D eigenvalue weighted by atomic mass is 10.3. The summed E-state index contributed by atoms with van der Waals surface area (Å²) in [6.45, 7) is 1.94. The van der Waals surface area contributed by atoms with E-state index < -0.39 is 25.0 Å². The zero-order valence-electron chi connectivity index (χ0n) is 10.1. The first-order valence-corrected chi connectivity index (χ1v) is 5.96. The number of aromatic nitrogens is 1. The normalized spacial score (nSPS) is 11.2. The quantitative estimate of drug-likeness (QED) is 0.878. The van der Waals surface area contributed by atoms with E-state index in [2.05, 4.69) is 15.6 Å². The largest absolute Gasteiger partial charge is 0.390 e. The molecule has 19 heavy (non-hydrogen) atoms. The third kappa shape index (κ3) is 5.34. The van der Waals surface area contributed by atoms with Crippen LogP contribution in [0.2, 0.25) is 5.02 Å². The lowest BCUT2D eigenvalue weighted by molar-refractivity contribution is -0.132. The van der Waals surface area contributed by atoms with Crippen LogP contribution in [0.4, 0.5) is 19.0 Å². The summed E-state index contributed by atoms with van der Waals surface area (Å²) in [5.74, 6) is -0.290. The molecular weight excluding hydrogens is 283 g/mol. The monoisotopic (exact) mass is 295 g/mol. The number of carbonyl (C=O) groups excluding carboxylic acids is 1. The van der Waals surface area contributed by atoms with Crippen molar-refractivity contribution in [2.24, 2.45) is 0 Å². The highest BCUT2D eigenvalue weighted by atomic mass is 35.5. The maximum Gasteiger partial charge on any atom is 0.390 e. The molecule has 1 rings (SSSR count). The number of anilines is 1. The molecule has 0 saturated heterocycles. The summed E-state index contributed by atoms with van der Waals surface area (Å²) in [7, 11) is 0. The Bertz CT molecular complexity index is 451. The van der Waals surface area contributed by atoms with Crippen molar-refractivity contribution < 1.29 is 18.0 Å². The number of hydrogen-bond acceptors (Lipinski definition) is 3. The van der Waals surface area contributed by atoms with Crippen LogP contribution >= 0.6 is 11.6 Å². The maximum atomic E-state index is 11.9. The zero-order chi connectivity index (χ0) is 14.5. The van der Waals surface area contributed by atoms with Crippen LogP contribution in [0.3, 0.4) is 0 Å². The first kappa shape index (κ1) is 15.6. The number of nitrogens with zero attached hydrogens (tertiary/aromatic N) is 1. The molecule has 0 aliphatic carbocycles. The van der Waals surface area contributed by atoms with Gasteiger partial charge in [-0.15, -0.1) is 0 Å². The number of nitrogens with one attached hydrogen (secondary N) is 2. The van der Waals surface area contributed by atoms with Crippen molar-refractivity contribution in [1.29, 1.82) is 0 Å². The van der Waals surface area contributed by atoms with Crippen LogP contribution < -0.4 is 10.6 Å². The van der Waals surface area contributed by atoms with Crippen molar-refractivity contribution in [3.8, 4) is 0 Å². The number of rotatable bonds is 5. The van der Waals surface area contributed by atoms with Gasteiger partial charge in [-0.2, -0.15) is 13.2 Å². The fraction of sp³-hybridized carbons (Fsp3) is 0.455. The Morgan fingerprint density at radius 2 is 2.11 bits per heavy atom. The number of hydrogen-bond donors (Lipinski definition) is 2. The summed E-state index contributed by atoms with van der Waals surface area (Å²) in [6, 6.07) is 3.05. The predicted molar refractivity (Wildman–Crippen MR) is 66.4 cm³/mol. The van der Waals surface area contributed by atoms with Crippen LogP contribution in [-0.4, -0.2) is 30.2 Å². The highest BCUT2D eigenvalue weighted by molar-refractivity contribution is 6.33. The molecule has 0 unspecified atom stereocenters. The molecule has 0 aliphatic heterocycles. The van der Waals surface area contributed by atoms with Crippen LogP contribution in [0.5, 0.6) is 0 Å². The van der Waals surface area contributed by atoms with Gasteiger partial charge in [0.05, 0.1) is 11.4 Å². The summed E-state index contributed by atoms with van der Waals surface area (Å²) in [5.41, 5.74) is -0.0951. The van der Waals surface area contributed by atoms with Gasteiger partial charge in [0, 0.05) is 13.1 Å². The zero-order valence-corrected chi connectivity index (χ0v) is 10.9. The molecule has 0 aromatic carbocycles. The fourth-order valence-electron chi connectivity index (χ4n) is 1.28. The average Bonchev–Trinajstić information content (AvgIpc) is 2.30. The Kier molecular flexibility index (Phi) is 5.41. The third-order valence-electron chi connectivity index (χ3n) is 2.11. The molecule has 1 amide bonds. The molecule has 4 nitrogen and oxygen atoms in total. The van der Waals surface area contributed by atoms with Gasteiger partial charge in [0.25, 0.3) is 5.91 Å². The summed E-state index contributed by atoms with van der Waals surface area (Å²) < 4.78 is 35.8. The molecule has 0 fully saturated rings. The van der Waals surface area contributed by atoms with E-state index in [0.717, 1.165) is 0 Å². The van der Waals surface area contributed by atoms with Crippen molar-refractivity contribution in [2.75, 3.05) is 18.4 Å². The summed E-state index contributed by atoms with van der Waals surface area (Å²) in [4.78, 5) is 15.6. The molecule has 0 atom stereocenters. The molecule has 0 bridgehead atoms. The van der Waals surface area contributed by atoms with Gasteiger partial charge in [-0.3, -0.25) is 4.79 Å². The summed E-state index contributed by atoms with van der Waals surface area (Å²) in [6.07, 6.45) is -5.40. The Labute approximate surface area is 113 Å². The molecule has 1 aromatic heterocycles. The van der Waals surface area contributed by atoms with Crippen molar-refractivity contribution in [3.05, 3.63) is 22.8 Å². The average molecular weight is 296 g/mol. The van der Waals surface area contributed by atoms with E-state index in [4.69, 9.17) is 11.6 Å². The number of pyridine rings is 1. The Balaban J connectivity index is 2.68. The number of halogens is 4. The molecule has 8 heteroatoms. The number of amides is 1. The van der Waals surface area contributed by atoms with Gasteiger partial charge in [0.15, 0.2) is 0 Å². The second-order valence-electron chi connectivity index (χ2n) is 3.68. The van der Waals surface area contributed by atoms with Crippen LogP contribution in [0.15, 0.2) is 12.1 Å². The SMILES string of the molecule is CCNc1ccc(Cl)c(C(=O)NCCC(F)(F)F)n1. The summed E-state index contributed by atoms with van der Waals surface area (Å²) in [5, 5.41) is 5.10. The topological polar surface area (TPSA) is 54.0 Å². The minimum Gasteiger partial charge on any atom is -0.370 e. The van der Waals surface area contributed by atoms with Crippen molar-refractivity contribution in [3.63, 3.8) is 0 Å². The molecule has 0 aliphatic rings. The van der Waals surface area contributed by atoms with E-state index in [1.807, 2.05) is 6.92 Å². The van der Waals surface area contributed by atoms with Gasteiger partial charge in [0.1, 0.15) is 11.5 Å². The predicted octanol–water partition coefficient (Wildman–Crippen LogP) is 2.85. The number of carbonyl (C=O) groups is 1. The van der Waals surface area contributed by atoms with Crippen LogP contribution in [0, 0.1) is 0 Å². The maximum absolute atomic E-state index is 11.9. The van der Waals surface area contributed by atoms with Crippen LogP contribution in [0.25, 0.3) is 0 Å². The van der Waals surface area contributed by atoms with Crippen LogP contribution in [-0.2, 0) is 0 Å². The lowest BCUT2D eigenvalue weighted by Crippen LogP contribution is -2.29. The van der Waals surface area contributed by atoms with Gasteiger partial charge in [-0.25, -0.2) is 4.98 Å². The number of alkyl halides is 3. The molecule has 2 N–H and O–H groups in total. The fourth-order valence-corrected chi connectivity index (χ4v) is 1.47. The first-order valence-electron chi connectivity index (χ1n) is 5.59. The van der Waals surface area contributed by atoms with Gasteiger partial charge in [0.2, 0.25) is 0 Å². The molecule has 0 saturated carbocycles. The Morgan fingerprint density at radius 3 is 2.68 bits per heavy atom. The van der Waals surface area contributed by atoms with E-state index in [0.29, 0.717) is 12.4 Å². The molecule has 0 radical (unpaired) electrons. The minimum atomic E-state index is -4.31. The molecule has 1 aromatic rings. The van der Waals surface area contributed by atoms with Gasteiger partial charge >= 0.3 is 6.18 Å². The van der Waals surface area contributed by atoms with Crippen molar-refractivity contribution >= 4 is 23.3 Å². The summed E-state index contributed by atoms with van der Waals surface area (Å²) >= 11 is 5.79. The van der Waals surface area contributed by atoms with Crippen LogP contribution in [0.1, 0.15) is 23.8 Å². The second kappa shape index (κ2) is 6.60. The second-order valence-corrected chi connectivity index (χ2v) is 4.09. The van der Waals surface area contributed by atoms with E-state index in [-0.39, 0.29) is 10.7 Å². The van der Waals surface area contributed by atoms with E-state index in [1.54, 1.807) is 6.07 Å². The third-order valence-corrected chi connectivity index (χ3v) is 2.42. The smallest absolute Gasteiger partial charge is 0.370 e. The van der Waals surface area contributed by atoms with E-state index in [9.17, 15) is 18.0 Å². The molecule has 106 valence electrons. The van der Waals surface area contributed by atoms with Crippen molar-refractivity contribution in [1.82, 2.24) is 10.3 Å². The van der Waals surface area contributed by atoms with Crippen molar-refractivity contribution in [2.45, 2.75) is 19.5 Å². The van der Waals surface area contributed by atoms with Gasteiger partial charge in [-0.05, 0) is 19.1 Å². The van der Waals surface area contributed by atoms with Gasteiger partial charge < -0.3 is 10.6 Å². The first-order chi connectivity index (χ1) is 8.83. The highest BCUT2D eigenvalue weighted by Gasteiger charge is 2.26. The Morgan fingerprint density at radius 1 is 1.42 bits per heavy atom. The minimum absolute atomic E-state index is 0.0890. The van der Waals surface area contributed by atoms with E-state index in [1.165, 1.54) is 6.07 Å². The van der Waals surface area contributed by atoms with E-state index >= 15 is 0 Å². The standard InChI is InChI=1S/C11H13ClF3N3O/c1-2-16-8-4-3-7(12)9(18-8)10(19)17-6-5-11(13,14)15/h3-4H,2,5-6H2,1H3,(H,16,18)(H,17,19). The highest BCUT2D eigenvalue weighted by Crippen LogP contribution is 2.19. The Hall–Kier alpha value is -1.50. The molecule has 1 heterocycles. The molecular formula is C11H13ClF3N3O. The molecule has 0 spiro atoms. The van der Waals surface area contributed by atoms with Gasteiger partial charge in [-0.1, -0.05) is 11.6 Å².